The molecule has 0 aromatic rings. The summed E-state index contributed by atoms with van der Waals surface area (Å²) >= 11 is 0. The van der Waals surface area contributed by atoms with Gasteiger partial charge in [-0.1, -0.05) is 36.5 Å². The highest BCUT2D eigenvalue weighted by atomic mass is 15.0. The summed E-state index contributed by atoms with van der Waals surface area (Å²) in [7, 11) is 8.31. The summed E-state index contributed by atoms with van der Waals surface area (Å²) in [6, 6.07) is 0. The summed E-state index contributed by atoms with van der Waals surface area (Å²) in [4.78, 5) is 4.33. The van der Waals surface area contributed by atoms with E-state index >= 15 is 0 Å². The van der Waals surface area contributed by atoms with Gasteiger partial charge >= 0.3 is 0 Å². The Balaban J connectivity index is 3.80. The van der Waals surface area contributed by atoms with Gasteiger partial charge in [0.25, 0.3) is 0 Å². The zero-order valence-corrected chi connectivity index (χ0v) is 11.3. The van der Waals surface area contributed by atoms with Crippen molar-refractivity contribution in [3.05, 3.63) is 36.5 Å². The minimum atomic E-state index is 1.02. The Bertz CT molecular complexity index is 223. The van der Waals surface area contributed by atoms with Gasteiger partial charge < -0.3 is 9.80 Å². The van der Waals surface area contributed by atoms with Crippen LogP contribution in [0.2, 0.25) is 0 Å². The Labute approximate surface area is 101 Å². The summed E-state index contributed by atoms with van der Waals surface area (Å²) in [6.45, 7) is 10.2. The van der Waals surface area contributed by atoms with Crippen molar-refractivity contribution < 1.29 is 0 Å². The van der Waals surface area contributed by atoms with E-state index < -0.39 is 0 Å². The Morgan fingerprint density at radius 2 is 1.12 bits per heavy atom. The molecule has 0 saturated heterocycles. The lowest BCUT2D eigenvalue weighted by molar-refractivity contribution is 0.414. The normalized spacial score (nSPS) is 11.6. The van der Waals surface area contributed by atoms with Gasteiger partial charge in [0.1, 0.15) is 0 Å². The number of nitrogens with zero attached hydrogens (tertiary/aromatic N) is 2. The van der Waals surface area contributed by atoms with Gasteiger partial charge in [-0.2, -0.15) is 0 Å². The molecule has 2 heteroatoms. The van der Waals surface area contributed by atoms with Crippen LogP contribution < -0.4 is 0 Å². The summed E-state index contributed by atoms with van der Waals surface area (Å²) in [5.74, 6) is 0. The quantitative estimate of drug-likeness (QED) is 0.582. The van der Waals surface area contributed by atoms with Crippen molar-refractivity contribution in [1.29, 1.82) is 0 Å². The average Bonchev–Trinajstić information content (AvgIpc) is 2.20. The van der Waals surface area contributed by atoms with Crippen LogP contribution in [0.4, 0.5) is 0 Å². The first kappa shape index (κ1) is 15.1. The maximum Gasteiger partial charge on any atom is 0.00155 e. The molecule has 0 spiro atoms. The molecule has 0 radical (unpaired) electrons. The topological polar surface area (TPSA) is 6.48 Å². The number of hydrogen-bond acceptors (Lipinski definition) is 2. The van der Waals surface area contributed by atoms with Gasteiger partial charge in [-0.15, -0.1) is 0 Å². The van der Waals surface area contributed by atoms with Crippen molar-refractivity contribution in [3.63, 3.8) is 0 Å². The van der Waals surface area contributed by atoms with Crippen LogP contribution in [-0.4, -0.2) is 51.1 Å². The molecule has 0 aliphatic carbocycles. The third kappa shape index (κ3) is 9.69. The molecule has 0 atom stereocenters. The van der Waals surface area contributed by atoms with Crippen LogP contribution in [0, 0.1) is 0 Å². The van der Waals surface area contributed by atoms with Gasteiger partial charge in [-0.05, 0) is 41.0 Å². The van der Waals surface area contributed by atoms with E-state index in [-0.39, 0.29) is 0 Å². The van der Waals surface area contributed by atoms with E-state index in [4.69, 9.17) is 0 Å². The first-order valence-electron chi connectivity index (χ1n) is 5.75. The summed E-state index contributed by atoms with van der Waals surface area (Å²) in [6.07, 6.45) is 6.21. The fourth-order valence-electron chi connectivity index (χ4n) is 1.14. The van der Waals surface area contributed by atoms with E-state index in [9.17, 15) is 0 Å². The van der Waals surface area contributed by atoms with Crippen molar-refractivity contribution in [3.8, 4) is 0 Å². The molecule has 0 saturated carbocycles. The summed E-state index contributed by atoms with van der Waals surface area (Å²) in [5.41, 5.74) is 2.33. The Morgan fingerprint density at radius 1 is 0.812 bits per heavy atom. The van der Waals surface area contributed by atoms with E-state index in [1.54, 1.807) is 0 Å². The van der Waals surface area contributed by atoms with Crippen molar-refractivity contribution in [1.82, 2.24) is 9.80 Å². The van der Waals surface area contributed by atoms with Crippen molar-refractivity contribution >= 4 is 0 Å². The molecule has 0 aliphatic rings. The zero-order chi connectivity index (χ0) is 12.6. The third-order valence-corrected chi connectivity index (χ3v) is 2.32. The Morgan fingerprint density at radius 3 is 1.38 bits per heavy atom. The van der Waals surface area contributed by atoms with Crippen molar-refractivity contribution in [2.75, 3.05) is 41.3 Å². The molecule has 0 aromatic carbocycles. The second-order valence-electron chi connectivity index (χ2n) is 4.76. The molecule has 0 N–H and O–H groups in total. The lowest BCUT2D eigenvalue weighted by atomic mass is 10.1. The Hall–Kier alpha value is -0.860. The highest BCUT2D eigenvalue weighted by Gasteiger charge is 1.94. The van der Waals surface area contributed by atoms with Crippen molar-refractivity contribution in [2.45, 2.75) is 12.8 Å². The molecule has 0 bridgehead atoms. The van der Waals surface area contributed by atoms with Crippen LogP contribution in [0.1, 0.15) is 12.8 Å². The molecule has 0 heterocycles. The first-order chi connectivity index (χ1) is 7.41. The van der Waals surface area contributed by atoms with E-state index in [1.807, 2.05) is 0 Å². The maximum absolute atomic E-state index is 4.03. The first-order valence-corrected chi connectivity index (χ1v) is 5.75. The molecule has 0 fully saturated rings. The van der Waals surface area contributed by atoms with Crippen LogP contribution in [-0.2, 0) is 0 Å². The van der Waals surface area contributed by atoms with Crippen LogP contribution in [0.5, 0.6) is 0 Å². The molecule has 16 heavy (non-hydrogen) atoms. The number of allylic oxidation sites excluding steroid dienone is 2. The summed E-state index contributed by atoms with van der Waals surface area (Å²) < 4.78 is 0. The van der Waals surface area contributed by atoms with Crippen LogP contribution in [0.25, 0.3) is 0 Å². The fraction of sp³-hybridized carbons (Fsp3) is 0.571. The van der Waals surface area contributed by atoms with E-state index in [0.717, 1.165) is 25.9 Å². The smallest absolute Gasteiger partial charge is 0.00155 e. The van der Waals surface area contributed by atoms with Crippen LogP contribution in [0.3, 0.4) is 0 Å². The predicted molar refractivity (Wildman–Crippen MR) is 73.8 cm³/mol. The maximum atomic E-state index is 4.03. The predicted octanol–water partition coefficient (Wildman–Crippen LogP) is 2.56. The van der Waals surface area contributed by atoms with Gasteiger partial charge in [0.05, 0.1) is 0 Å². The van der Waals surface area contributed by atoms with E-state index in [1.165, 1.54) is 11.1 Å². The molecule has 0 unspecified atom stereocenters. The number of hydrogen-bond donors (Lipinski definition) is 0. The van der Waals surface area contributed by atoms with Gasteiger partial charge in [0.2, 0.25) is 0 Å². The van der Waals surface area contributed by atoms with E-state index in [0.29, 0.717) is 0 Å². The van der Waals surface area contributed by atoms with Gasteiger partial charge in [0, 0.05) is 13.1 Å². The second kappa shape index (κ2) is 8.31. The lowest BCUT2D eigenvalue weighted by Gasteiger charge is -2.10. The van der Waals surface area contributed by atoms with Crippen LogP contribution in [0.15, 0.2) is 36.5 Å². The molecule has 92 valence electrons. The minimum Gasteiger partial charge on any atom is -0.309 e. The van der Waals surface area contributed by atoms with E-state index in [2.05, 4.69) is 63.3 Å². The van der Waals surface area contributed by atoms with Gasteiger partial charge in [-0.3, -0.25) is 0 Å². The zero-order valence-electron chi connectivity index (χ0n) is 11.3. The molecular formula is C14H26N2. The van der Waals surface area contributed by atoms with Gasteiger partial charge in [0.15, 0.2) is 0 Å². The molecule has 0 rings (SSSR count). The Kier molecular flexibility index (Phi) is 7.86. The molecule has 0 aliphatic heterocycles. The SMILES string of the molecule is C=C(C=CC(=C)CCN(C)C)CCN(C)C. The average molecular weight is 222 g/mol. The van der Waals surface area contributed by atoms with Crippen molar-refractivity contribution in [2.24, 2.45) is 0 Å². The van der Waals surface area contributed by atoms with Crippen LogP contribution >= 0.6 is 0 Å². The second-order valence-corrected chi connectivity index (χ2v) is 4.76. The fourth-order valence-corrected chi connectivity index (χ4v) is 1.14. The third-order valence-electron chi connectivity index (χ3n) is 2.32. The molecular weight excluding hydrogens is 196 g/mol. The standard InChI is InChI=1S/C14H26N2/c1-13(9-11-15(3)4)7-8-14(2)10-12-16(5)6/h7-8H,1-2,9-12H2,3-6H3. The highest BCUT2D eigenvalue weighted by molar-refractivity contribution is 5.24. The molecule has 2 nitrogen and oxygen atoms in total. The number of rotatable bonds is 8. The highest BCUT2D eigenvalue weighted by Crippen LogP contribution is 2.06. The largest absolute Gasteiger partial charge is 0.309 e. The summed E-state index contributed by atoms with van der Waals surface area (Å²) in [5, 5.41) is 0. The van der Waals surface area contributed by atoms with Gasteiger partial charge in [-0.25, -0.2) is 0 Å². The lowest BCUT2D eigenvalue weighted by Crippen LogP contribution is -2.13. The molecule has 0 aromatic heterocycles. The molecule has 0 amide bonds. The monoisotopic (exact) mass is 222 g/mol. The minimum absolute atomic E-state index is 1.02.